The Balaban J connectivity index is 1.89. The van der Waals surface area contributed by atoms with E-state index in [1.807, 2.05) is 60.7 Å². The molecule has 9 nitrogen and oxygen atoms in total. The summed E-state index contributed by atoms with van der Waals surface area (Å²) in [7, 11) is 1.31. The lowest BCUT2D eigenvalue weighted by atomic mass is 10.2. The number of benzene rings is 2. The van der Waals surface area contributed by atoms with Gasteiger partial charge in [-0.3, -0.25) is 9.59 Å². The predicted octanol–water partition coefficient (Wildman–Crippen LogP) is 3.23. The molecule has 9 heteroatoms. The van der Waals surface area contributed by atoms with Crippen molar-refractivity contribution in [1.82, 2.24) is 10.2 Å². The van der Waals surface area contributed by atoms with Crippen LogP contribution in [0.3, 0.4) is 0 Å². The van der Waals surface area contributed by atoms with Gasteiger partial charge in [-0.1, -0.05) is 60.7 Å². The number of methoxy groups -OCH3 is 1. The second kappa shape index (κ2) is 15.5. The summed E-state index contributed by atoms with van der Waals surface area (Å²) in [4.78, 5) is 37.4. The van der Waals surface area contributed by atoms with Gasteiger partial charge in [0.15, 0.2) is 0 Å². The van der Waals surface area contributed by atoms with E-state index in [-0.39, 0.29) is 26.1 Å². The molecular weight excluding hydrogens is 452 g/mol. The average Bonchev–Trinajstić information content (AvgIpc) is 2.87. The molecule has 1 amide bonds. The number of carbonyl (C=O) groups excluding carboxylic acids is 2. The number of esters is 1. The second-order valence-electron chi connectivity index (χ2n) is 8.04. The summed E-state index contributed by atoms with van der Waals surface area (Å²) in [5, 5.41) is 12.2. The Morgan fingerprint density at radius 1 is 0.971 bits per heavy atom. The van der Waals surface area contributed by atoms with Gasteiger partial charge in [-0.2, -0.15) is 0 Å². The molecule has 190 valence electrons. The van der Waals surface area contributed by atoms with Crippen molar-refractivity contribution in [3.63, 3.8) is 0 Å². The lowest BCUT2D eigenvalue weighted by Crippen LogP contribution is -2.49. The minimum atomic E-state index is -1.02. The standard InChI is InChI=1S/C26H34N2O7/c1-20(28(15-13-24(29)30)26(32)35-19-22-11-7-4-8-12-22)17-27-23(25(31)33-2)14-16-34-18-21-9-5-3-6-10-21/h3-12,20,23,27H,13-19H2,1-2H3,(H,29,30). The zero-order valence-corrected chi connectivity index (χ0v) is 20.2. The Bertz CT molecular complexity index is 908. The molecule has 2 N–H and O–H groups in total. The maximum atomic E-state index is 12.7. The van der Waals surface area contributed by atoms with E-state index in [2.05, 4.69) is 5.32 Å². The van der Waals surface area contributed by atoms with Crippen molar-refractivity contribution < 1.29 is 33.7 Å². The summed E-state index contributed by atoms with van der Waals surface area (Å²) in [5.41, 5.74) is 1.86. The van der Waals surface area contributed by atoms with Crippen LogP contribution in [0.25, 0.3) is 0 Å². The summed E-state index contributed by atoms with van der Waals surface area (Å²) >= 11 is 0. The third-order valence-corrected chi connectivity index (χ3v) is 5.35. The Labute approximate surface area is 206 Å². The van der Waals surface area contributed by atoms with Crippen molar-refractivity contribution >= 4 is 18.0 Å². The highest BCUT2D eigenvalue weighted by molar-refractivity contribution is 5.75. The molecule has 0 spiro atoms. The molecule has 2 aromatic rings. The van der Waals surface area contributed by atoms with E-state index >= 15 is 0 Å². The van der Waals surface area contributed by atoms with E-state index in [1.54, 1.807) is 6.92 Å². The van der Waals surface area contributed by atoms with Crippen molar-refractivity contribution in [2.45, 2.75) is 45.1 Å². The van der Waals surface area contributed by atoms with Crippen molar-refractivity contribution in [3.05, 3.63) is 71.8 Å². The number of carboxylic acids is 1. The first-order valence-electron chi connectivity index (χ1n) is 11.5. The van der Waals surface area contributed by atoms with Gasteiger partial charge in [0.05, 0.1) is 20.1 Å². The van der Waals surface area contributed by atoms with Crippen LogP contribution in [0.5, 0.6) is 0 Å². The number of nitrogens with one attached hydrogen (secondary N) is 1. The Hall–Kier alpha value is -3.43. The third-order valence-electron chi connectivity index (χ3n) is 5.35. The monoisotopic (exact) mass is 486 g/mol. The Kier molecular flexibility index (Phi) is 12.3. The second-order valence-corrected chi connectivity index (χ2v) is 8.04. The molecule has 2 atom stereocenters. The molecular formula is C26H34N2O7. The van der Waals surface area contributed by atoms with Crippen LogP contribution in [0.1, 0.15) is 30.9 Å². The highest BCUT2D eigenvalue weighted by atomic mass is 16.6. The number of aliphatic carboxylic acids is 1. The van der Waals surface area contributed by atoms with E-state index in [9.17, 15) is 14.4 Å². The van der Waals surface area contributed by atoms with Crippen LogP contribution in [0.15, 0.2) is 60.7 Å². The van der Waals surface area contributed by atoms with E-state index in [0.29, 0.717) is 19.6 Å². The van der Waals surface area contributed by atoms with Crippen molar-refractivity contribution in [2.24, 2.45) is 0 Å². The molecule has 2 aromatic carbocycles. The molecule has 0 bridgehead atoms. The molecule has 0 fully saturated rings. The lowest BCUT2D eigenvalue weighted by Gasteiger charge is -2.29. The van der Waals surface area contributed by atoms with E-state index in [0.717, 1.165) is 11.1 Å². The SMILES string of the molecule is COC(=O)C(CCOCc1ccccc1)NCC(C)N(CCC(=O)O)C(=O)OCc1ccccc1. The number of carbonyl (C=O) groups is 3. The molecule has 0 aromatic heterocycles. The highest BCUT2D eigenvalue weighted by Gasteiger charge is 2.25. The molecule has 0 radical (unpaired) electrons. The minimum Gasteiger partial charge on any atom is -0.481 e. The van der Waals surface area contributed by atoms with Gasteiger partial charge in [-0.15, -0.1) is 0 Å². The van der Waals surface area contributed by atoms with Gasteiger partial charge in [-0.05, 0) is 24.5 Å². The number of amides is 1. The molecule has 0 saturated carbocycles. The maximum Gasteiger partial charge on any atom is 0.410 e. The quantitative estimate of drug-likeness (QED) is 0.291. The largest absolute Gasteiger partial charge is 0.481 e. The van der Waals surface area contributed by atoms with Crippen LogP contribution >= 0.6 is 0 Å². The molecule has 0 aliphatic heterocycles. The van der Waals surface area contributed by atoms with Gasteiger partial charge in [0.2, 0.25) is 0 Å². The predicted molar refractivity (Wildman–Crippen MR) is 130 cm³/mol. The molecule has 0 aliphatic carbocycles. The smallest absolute Gasteiger partial charge is 0.410 e. The van der Waals surface area contributed by atoms with Crippen molar-refractivity contribution in [2.75, 3.05) is 26.8 Å². The topological polar surface area (TPSA) is 114 Å². The van der Waals surface area contributed by atoms with E-state index < -0.39 is 30.1 Å². The first-order chi connectivity index (χ1) is 16.9. The van der Waals surface area contributed by atoms with Gasteiger partial charge >= 0.3 is 18.0 Å². The molecule has 2 rings (SSSR count). The number of nitrogens with zero attached hydrogens (tertiary/aromatic N) is 1. The van der Waals surface area contributed by atoms with E-state index in [4.69, 9.17) is 19.3 Å². The zero-order valence-electron chi connectivity index (χ0n) is 20.2. The molecule has 0 saturated heterocycles. The van der Waals surface area contributed by atoms with Crippen molar-refractivity contribution in [3.8, 4) is 0 Å². The Morgan fingerprint density at radius 2 is 1.57 bits per heavy atom. The maximum absolute atomic E-state index is 12.7. The number of hydrogen-bond donors (Lipinski definition) is 2. The number of ether oxygens (including phenoxy) is 3. The molecule has 0 aliphatic rings. The summed E-state index contributed by atoms with van der Waals surface area (Å²) in [6.45, 7) is 2.82. The minimum absolute atomic E-state index is 0.0190. The van der Waals surface area contributed by atoms with Gasteiger partial charge in [0.1, 0.15) is 12.6 Å². The van der Waals surface area contributed by atoms with E-state index in [1.165, 1.54) is 12.0 Å². The average molecular weight is 487 g/mol. The fourth-order valence-electron chi connectivity index (χ4n) is 3.34. The van der Waals surface area contributed by atoms with Gasteiger partial charge in [0.25, 0.3) is 0 Å². The van der Waals surface area contributed by atoms with Crippen LogP contribution in [0.4, 0.5) is 4.79 Å². The highest BCUT2D eigenvalue weighted by Crippen LogP contribution is 2.09. The number of rotatable bonds is 15. The van der Waals surface area contributed by atoms with Gasteiger partial charge in [-0.25, -0.2) is 4.79 Å². The summed E-state index contributed by atoms with van der Waals surface area (Å²) in [6.07, 6.45) is -0.469. The molecule has 0 heterocycles. The first kappa shape index (κ1) is 27.8. The van der Waals surface area contributed by atoms with Gasteiger partial charge in [0, 0.05) is 25.7 Å². The van der Waals surface area contributed by atoms with Gasteiger partial charge < -0.3 is 29.5 Å². The molecule has 35 heavy (non-hydrogen) atoms. The number of hydrogen-bond acceptors (Lipinski definition) is 7. The fraction of sp³-hybridized carbons (Fsp3) is 0.423. The summed E-state index contributed by atoms with van der Waals surface area (Å²) in [6, 6.07) is 17.8. The van der Waals surface area contributed by atoms with Crippen LogP contribution in [-0.4, -0.2) is 66.9 Å². The fourth-order valence-corrected chi connectivity index (χ4v) is 3.34. The first-order valence-corrected chi connectivity index (χ1v) is 11.5. The zero-order chi connectivity index (χ0) is 25.5. The summed E-state index contributed by atoms with van der Waals surface area (Å²) in [5.74, 6) is -1.46. The normalized spacial score (nSPS) is 12.4. The third kappa shape index (κ3) is 10.6. The summed E-state index contributed by atoms with van der Waals surface area (Å²) < 4.78 is 16.0. The van der Waals surface area contributed by atoms with Crippen molar-refractivity contribution in [1.29, 1.82) is 0 Å². The van der Waals surface area contributed by atoms with Crippen LogP contribution in [0, 0.1) is 0 Å². The molecule has 2 unspecified atom stereocenters. The van der Waals surface area contributed by atoms with Crippen LogP contribution in [-0.2, 0) is 37.0 Å². The lowest BCUT2D eigenvalue weighted by molar-refractivity contribution is -0.143. The van der Waals surface area contributed by atoms with Crippen LogP contribution < -0.4 is 5.32 Å². The number of carboxylic acid groups (broad SMARTS) is 1. The van der Waals surface area contributed by atoms with Crippen LogP contribution in [0.2, 0.25) is 0 Å². The Morgan fingerprint density at radius 3 is 2.14 bits per heavy atom.